The summed E-state index contributed by atoms with van der Waals surface area (Å²) in [6.45, 7) is 12.1. The van der Waals surface area contributed by atoms with Crippen molar-refractivity contribution in [2.45, 2.75) is 32.0 Å². The molecule has 5 heteroatoms. The zero-order valence-electron chi connectivity index (χ0n) is 13.2. The molecule has 0 bridgehead atoms. The normalized spacial score (nSPS) is 13.8. The van der Waals surface area contributed by atoms with Gasteiger partial charge in [-0.15, -0.1) is 13.2 Å². The summed E-state index contributed by atoms with van der Waals surface area (Å²) < 4.78 is 21.7. The highest BCUT2D eigenvalue weighted by atomic mass is 16.6. The van der Waals surface area contributed by atoms with Gasteiger partial charge in [-0.25, -0.2) is 0 Å². The van der Waals surface area contributed by atoms with E-state index in [1.54, 1.807) is 12.2 Å². The first-order valence-corrected chi connectivity index (χ1v) is 7.49. The number of hydrogen-bond donors (Lipinski definition) is 1. The summed E-state index contributed by atoms with van der Waals surface area (Å²) in [5.74, 6) is 0. The van der Waals surface area contributed by atoms with E-state index < -0.39 is 6.10 Å². The second kappa shape index (κ2) is 15.7. The molecule has 0 aliphatic carbocycles. The molecule has 0 saturated carbocycles. The van der Waals surface area contributed by atoms with Crippen molar-refractivity contribution in [2.75, 3.05) is 46.2 Å². The average molecular weight is 302 g/mol. The Bertz CT molecular complexity index is 245. The monoisotopic (exact) mass is 302 g/mol. The molecule has 0 saturated heterocycles. The van der Waals surface area contributed by atoms with Crippen LogP contribution in [0, 0.1) is 0 Å². The Morgan fingerprint density at radius 2 is 1.57 bits per heavy atom. The van der Waals surface area contributed by atoms with Gasteiger partial charge in [-0.05, 0) is 6.42 Å². The fraction of sp³-hybridized carbons (Fsp3) is 0.750. The van der Waals surface area contributed by atoms with Crippen molar-refractivity contribution in [3.63, 3.8) is 0 Å². The zero-order chi connectivity index (χ0) is 15.8. The van der Waals surface area contributed by atoms with E-state index in [0.29, 0.717) is 33.0 Å². The number of rotatable bonds is 16. The molecule has 5 nitrogen and oxygen atoms in total. The van der Waals surface area contributed by atoms with Gasteiger partial charge in [0.1, 0.15) is 12.2 Å². The standard InChI is InChI=1S/C16H30O5/c1-4-7-10-20-14-16(13-19-9-6-3)21-12-15(17)11-18-8-5-2/h5-6,15-17H,2-4,7-14H2,1H3. The Hall–Kier alpha value is -0.720. The van der Waals surface area contributed by atoms with Crippen LogP contribution < -0.4 is 0 Å². The lowest BCUT2D eigenvalue weighted by Gasteiger charge is -2.20. The van der Waals surface area contributed by atoms with Crippen LogP contribution in [0.5, 0.6) is 0 Å². The highest BCUT2D eigenvalue weighted by Gasteiger charge is 2.13. The molecule has 124 valence electrons. The second-order valence-electron chi connectivity index (χ2n) is 4.69. The van der Waals surface area contributed by atoms with E-state index in [9.17, 15) is 5.11 Å². The molecular formula is C16H30O5. The third-order valence-electron chi connectivity index (χ3n) is 2.56. The van der Waals surface area contributed by atoms with Gasteiger partial charge in [0, 0.05) is 6.61 Å². The number of hydrogen-bond acceptors (Lipinski definition) is 5. The van der Waals surface area contributed by atoms with Gasteiger partial charge in [-0.3, -0.25) is 0 Å². The largest absolute Gasteiger partial charge is 0.388 e. The first kappa shape index (κ1) is 20.3. The van der Waals surface area contributed by atoms with Crippen LogP contribution in [0.3, 0.4) is 0 Å². The van der Waals surface area contributed by atoms with E-state index >= 15 is 0 Å². The quantitative estimate of drug-likeness (QED) is 0.349. The van der Waals surface area contributed by atoms with Crippen molar-refractivity contribution in [1.29, 1.82) is 0 Å². The highest BCUT2D eigenvalue weighted by molar-refractivity contribution is 4.67. The molecule has 0 aliphatic rings. The number of aliphatic hydroxyl groups excluding tert-OH is 1. The Morgan fingerprint density at radius 3 is 2.19 bits per heavy atom. The molecule has 1 N–H and O–H groups in total. The van der Waals surface area contributed by atoms with Crippen LogP contribution in [0.25, 0.3) is 0 Å². The predicted octanol–water partition coefficient (Wildman–Crippen LogP) is 1.95. The average Bonchev–Trinajstić information content (AvgIpc) is 2.49. The maximum Gasteiger partial charge on any atom is 0.104 e. The Labute approximate surface area is 128 Å². The molecule has 0 aliphatic heterocycles. The fourth-order valence-electron chi connectivity index (χ4n) is 1.47. The smallest absolute Gasteiger partial charge is 0.104 e. The summed E-state index contributed by atoms with van der Waals surface area (Å²) >= 11 is 0. The van der Waals surface area contributed by atoms with E-state index in [1.165, 1.54) is 0 Å². The summed E-state index contributed by atoms with van der Waals surface area (Å²) in [5, 5.41) is 9.72. The van der Waals surface area contributed by atoms with Crippen LogP contribution >= 0.6 is 0 Å². The molecule has 2 unspecified atom stereocenters. The fourth-order valence-corrected chi connectivity index (χ4v) is 1.47. The Morgan fingerprint density at radius 1 is 0.952 bits per heavy atom. The van der Waals surface area contributed by atoms with Crippen LogP contribution in [-0.2, 0) is 18.9 Å². The van der Waals surface area contributed by atoms with Crippen LogP contribution in [0.2, 0.25) is 0 Å². The van der Waals surface area contributed by atoms with Crippen LogP contribution in [0.1, 0.15) is 19.8 Å². The van der Waals surface area contributed by atoms with Crippen LogP contribution in [-0.4, -0.2) is 63.6 Å². The molecule has 0 spiro atoms. The first-order chi connectivity index (χ1) is 10.2. The maximum absolute atomic E-state index is 9.72. The van der Waals surface area contributed by atoms with E-state index in [1.807, 2.05) is 0 Å². The lowest BCUT2D eigenvalue weighted by molar-refractivity contribution is -0.0894. The molecule has 0 fully saturated rings. The maximum atomic E-state index is 9.72. The minimum absolute atomic E-state index is 0.191. The van der Waals surface area contributed by atoms with E-state index in [0.717, 1.165) is 12.8 Å². The summed E-state index contributed by atoms with van der Waals surface area (Å²) in [6, 6.07) is 0. The third-order valence-corrected chi connectivity index (χ3v) is 2.56. The summed E-state index contributed by atoms with van der Waals surface area (Å²) in [5.41, 5.74) is 0. The number of ether oxygens (including phenoxy) is 4. The minimum Gasteiger partial charge on any atom is -0.388 e. The lowest BCUT2D eigenvalue weighted by atomic mass is 10.3. The molecule has 0 amide bonds. The van der Waals surface area contributed by atoms with Gasteiger partial charge in [0.25, 0.3) is 0 Å². The van der Waals surface area contributed by atoms with Crippen molar-refractivity contribution in [1.82, 2.24) is 0 Å². The number of aliphatic hydroxyl groups is 1. The van der Waals surface area contributed by atoms with E-state index in [4.69, 9.17) is 18.9 Å². The summed E-state index contributed by atoms with van der Waals surface area (Å²) in [6.07, 6.45) is 4.59. The van der Waals surface area contributed by atoms with Crippen molar-refractivity contribution in [2.24, 2.45) is 0 Å². The van der Waals surface area contributed by atoms with Crippen molar-refractivity contribution in [3.8, 4) is 0 Å². The molecule has 0 aromatic rings. The zero-order valence-corrected chi connectivity index (χ0v) is 13.2. The first-order valence-electron chi connectivity index (χ1n) is 7.49. The third kappa shape index (κ3) is 14.0. The molecule has 0 radical (unpaired) electrons. The molecular weight excluding hydrogens is 272 g/mol. The molecule has 0 aromatic heterocycles. The van der Waals surface area contributed by atoms with Gasteiger partial charge in [0.2, 0.25) is 0 Å². The molecule has 0 aromatic carbocycles. The lowest BCUT2D eigenvalue weighted by Crippen LogP contribution is -2.31. The van der Waals surface area contributed by atoms with Gasteiger partial charge in [-0.2, -0.15) is 0 Å². The highest BCUT2D eigenvalue weighted by Crippen LogP contribution is 2.00. The number of unbranched alkanes of at least 4 members (excludes halogenated alkanes) is 1. The molecule has 2 atom stereocenters. The molecule has 0 rings (SSSR count). The van der Waals surface area contributed by atoms with Crippen LogP contribution in [0.4, 0.5) is 0 Å². The van der Waals surface area contributed by atoms with Crippen molar-refractivity contribution >= 4 is 0 Å². The van der Waals surface area contributed by atoms with E-state index in [2.05, 4.69) is 20.1 Å². The molecule has 21 heavy (non-hydrogen) atoms. The SMILES string of the molecule is C=CCOCC(O)COC(COCC=C)COCCCC. The predicted molar refractivity (Wildman–Crippen MR) is 83.5 cm³/mol. The summed E-state index contributed by atoms with van der Waals surface area (Å²) in [7, 11) is 0. The van der Waals surface area contributed by atoms with E-state index in [-0.39, 0.29) is 19.3 Å². The van der Waals surface area contributed by atoms with Crippen molar-refractivity contribution in [3.05, 3.63) is 25.3 Å². The van der Waals surface area contributed by atoms with Crippen LogP contribution in [0.15, 0.2) is 25.3 Å². The van der Waals surface area contributed by atoms with Gasteiger partial charge in [-0.1, -0.05) is 25.5 Å². The van der Waals surface area contributed by atoms with Gasteiger partial charge in [0.05, 0.1) is 39.6 Å². The summed E-state index contributed by atoms with van der Waals surface area (Å²) in [4.78, 5) is 0. The Balaban J connectivity index is 3.88. The topological polar surface area (TPSA) is 57.2 Å². The van der Waals surface area contributed by atoms with Gasteiger partial charge in [0.15, 0.2) is 0 Å². The van der Waals surface area contributed by atoms with Crippen molar-refractivity contribution < 1.29 is 24.1 Å². The second-order valence-corrected chi connectivity index (χ2v) is 4.69. The Kier molecular flexibility index (Phi) is 15.1. The van der Waals surface area contributed by atoms with Gasteiger partial charge >= 0.3 is 0 Å². The molecule has 0 heterocycles. The van der Waals surface area contributed by atoms with Gasteiger partial charge < -0.3 is 24.1 Å². The minimum atomic E-state index is -0.664.